The van der Waals surface area contributed by atoms with Gasteiger partial charge in [-0.25, -0.2) is 23.1 Å². The Hall–Kier alpha value is -4.19. The molecule has 3 aromatic rings. The smallest absolute Gasteiger partial charge is 0.264 e. The van der Waals surface area contributed by atoms with Gasteiger partial charge in [0.1, 0.15) is 5.82 Å². The third-order valence-electron chi connectivity index (χ3n) is 7.80. The molecular formula is C29H32F3N7O2. The Morgan fingerprint density at radius 1 is 1.10 bits per heavy atom. The van der Waals surface area contributed by atoms with E-state index in [0.29, 0.717) is 55.9 Å². The van der Waals surface area contributed by atoms with Gasteiger partial charge in [0.15, 0.2) is 0 Å². The van der Waals surface area contributed by atoms with Crippen molar-refractivity contribution in [3.63, 3.8) is 0 Å². The third kappa shape index (κ3) is 5.97. The van der Waals surface area contributed by atoms with Crippen molar-refractivity contribution in [2.45, 2.75) is 38.8 Å². The molecule has 0 aliphatic carbocycles. The highest BCUT2D eigenvalue weighted by atomic mass is 19.3. The van der Waals surface area contributed by atoms with Gasteiger partial charge in [-0.1, -0.05) is 6.08 Å². The number of H-pyrrole nitrogens is 1. The lowest BCUT2D eigenvalue weighted by molar-refractivity contribution is 0.101. The van der Waals surface area contributed by atoms with Crippen molar-refractivity contribution in [2.24, 2.45) is 0 Å². The fourth-order valence-electron chi connectivity index (χ4n) is 5.39. The van der Waals surface area contributed by atoms with Crippen molar-refractivity contribution < 1.29 is 18.0 Å². The van der Waals surface area contributed by atoms with E-state index in [4.69, 9.17) is 0 Å². The van der Waals surface area contributed by atoms with Crippen LogP contribution in [0.5, 0.6) is 0 Å². The second-order valence-corrected chi connectivity index (χ2v) is 10.5. The molecule has 2 aliphatic heterocycles. The number of pyridine rings is 1. The van der Waals surface area contributed by atoms with E-state index in [9.17, 15) is 18.4 Å². The molecule has 2 aromatic heterocycles. The zero-order chi connectivity index (χ0) is 29.3. The van der Waals surface area contributed by atoms with Gasteiger partial charge in [-0.15, -0.1) is 0 Å². The molecule has 5 rings (SSSR count). The molecule has 4 heterocycles. The van der Waals surface area contributed by atoms with E-state index in [1.165, 1.54) is 6.07 Å². The van der Waals surface area contributed by atoms with Crippen molar-refractivity contribution >= 4 is 28.8 Å². The van der Waals surface area contributed by atoms with Gasteiger partial charge in [-0.3, -0.25) is 14.5 Å². The predicted octanol–water partition coefficient (Wildman–Crippen LogP) is 4.32. The fourth-order valence-corrected chi connectivity index (χ4v) is 5.39. The fraction of sp³-hybridized carbons (Fsp3) is 0.379. The number of hydrogen-bond donors (Lipinski definition) is 2. The summed E-state index contributed by atoms with van der Waals surface area (Å²) >= 11 is 0. The first-order chi connectivity index (χ1) is 19.6. The molecule has 41 heavy (non-hydrogen) atoms. The van der Waals surface area contributed by atoms with Gasteiger partial charge in [-0.05, 0) is 51.1 Å². The number of piperazine rings is 1. The zero-order valence-corrected chi connectivity index (χ0v) is 23.1. The average molecular weight is 568 g/mol. The maximum absolute atomic E-state index is 15.9. The number of carbonyl (C=O) groups is 1. The van der Waals surface area contributed by atoms with Crippen molar-refractivity contribution in [1.82, 2.24) is 19.9 Å². The number of hydrogen-bond acceptors (Lipinski definition) is 7. The Morgan fingerprint density at radius 3 is 2.49 bits per heavy atom. The van der Waals surface area contributed by atoms with Gasteiger partial charge in [-0.2, -0.15) is 0 Å². The van der Waals surface area contributed by atoms with Crippen LogP contribution in [0.3, 0.4) is 0 Å². The monoisotopic (exact) mass is 567 g/mol. The van der Waals surface area contributed by atoms with Crippen LogP contribution >= 0.6 is 0 Å². The third-order valence-corrected chi connectivity index (χ3v) is 7.80. The number of halogens is 3. The summed E-state index contributed by atoms with van der Waals surface area (Å²) in [5.74, 6) is -0.763. The number of amides is 1. The molecule has 2 atom stereocenters. The van der Waals surface area contributed by atoms with Crippen LogP contribution in [-0.2, 0) is 0 Å². The number of nitrogens with zero attached hydrogens (tertiary/aromatic N) is 5. The van der Waals surface area contributed by atoms with Crippen LogP contribution < -0.4 is 20.7 Å². The molecule has 9 nitrogen and oxygen atoms in total. The zero-order valence-electron chi connectivity index (χ0n) is 23.1. The highest BCUT2D eigenvalue weighted by Crippen LogP contribution is 2.36. The summed E-state index contributed by atoms with van der Waals surface area (Å²) in [7, 11) is 2.03. The van der Waals surface area contributed by atoms with E-state index < -0.39 is 29.3 Å². The topological polar surface area (TPSA) is 97.5 Å². The standard InChI is InChI=1S/C29H32F3N7O2/c1-17-14-39(15-18(2)37(17)3)25-12-23(30)20(19-6-4-9-38(16-19)29-33-7-5-8-34-29)10-24(25)36-28(41)22-13-35-26(40)11-21(22)27(31)32/h5-8,10-13,17-18,27H,4,9,14-16H2,1-3H3,(H,35,40)(H,36,41). The van der Waals surface area contributed by atoms with Crippen LogP contribution in [0.25, 0.3) is 5.57 Å². The van der Waals surface area contributed by atoms with Crippen molar-refractivity contribution in [1.29, 1.82) is 0 Å². The van der Waals surface area contributed by atoms with E-state index in [1.54, 1.807) is 24.5 Å². The molecule has 1 fully saturated rings. The Labute approximate surface area is 235 Å². The van der Waals surface area contributed by atoms with Crippen molar-refractivity contribution in [3.8, 4) is 0 Å². The highest BCUT2D eigenvalue weighted by molar-refractivity contribution is 6.07. The molecule has 2 unspecified atom stereocenters. The van der Waals surface area contributed by atoms with Crippen molar-refractivity contribution in [3.05, 3.63) is 81.8 Å². The summed E-state index contributed by atoms with van der Waals surface area (Å²) in [6.07, 6.45) is 3.82. The second kappa shape index (κ2) is 11.7. The molecule has 1 saturated heterocycles. The minimum absolute atomic E-state index is 0.148. The van der Waals surface area contributed by atoms with Crippen LogP contribution in [-0.4, -0.2) is 71.1 Å². The Balaban J connectivity index is 1.54. The van der Waals surface area contributed by atoms with Crippen molar-refractivity contribution in [2.75, 3.05) is 48.3 Å². The molecular weight excluding hydrogens is 535 g/mol. The number of nitrogens with one attached hydrogen (secondary N) is 2. The maximum Gasteiger partial charge on any atom is 0.264 e. The minimum Gasteiger partial charge on any atom is -0.367 e. The Kier molecular flexibility index (Phi) is 8.11. The molecule has 2 N–H and O–H groups in total. The number of anilines is 3. The van der Waals surface area contributed by atoms with E-state index in [0.717, 1.165) is 6.20 Å². The Morgan fingerprint density at radius 2 is 1.80 bits per heavy atom. The lowest BCUT2D eigenvalue weighted by Gasteiger charge is -2.44. The molecule has 1 amide bonds. The highest BCUT2D eigenvalue weighted by Gasteiger charge is 2.30. The summed E-state index contributed by atoms with van der Waals surface area (Å²) in [5, 5.41) is 2.75. The molecule has 2 aliphatic rings. The SMILES string of the molecule is CC1CN(c2cc(F)c(C3=CCCN(c4ncccn4)C3)cc2NC(=O)c2c[nH]c(=O)cc2C(F)F)CC(C)N1C. The number of alkyl halides is 2. The molecule has 216 valence electrons. The number of aromatic nitrogens is 3. The van der Waals surface area contributed by atoms with Crippen LogP contribution in [0, 0.1) is 5.82 Å². The van der Waals surface area contributed by atoms with E-state index >= 15 is 4.39 Å². The Bertz CT molecular complexity index is 1500. The summed E-state index contributed by atoms with van der Waals surface area (Å²) in [5.41, 5.74) is -0.0505. The second-order valence-electron chi connectivity index (χ2n) is 10.5. The van der Waals surface area contributed by atoms with Crippen LogP contribution in [0.1, 0.15) is 48.2 Å². The van der Waals surface area contributed by atoms with E-state index in [1.807, 2.05) is 22.9 Å². The number of rotatable bonds is 6. The number of benzene rings is 1. The molecule has 12 heteroatoms. The average Bonchev–Trinajstić information content (AvgIpc) is 2.96. The summed E-state index contributed by atoms with van der Waals surface area (Å²) in [6, 6.07) is 5.69. The van der Waals surface area contributed by atoms with Gasteiger partial charge in [0.25, 0.3) is 12.3 Å². The normalized spacial score (nSPS) is 19.8. The van der Waals surface area contributed by atoms with Gasteiger partial charge >= 0.3 is 0 Å². The van der Waals surface area contributed by atoms with Crippen LogP contribution in [0.15, 0.2) is 53.7 Å². The first kappa shape index (κ1) is 28.3. The number of aromatic amines is 1. The van der Waals surface area contributed by atoms with Gasteiger partial charge < -0.3 is 20.1 Å². The first-order valence-corrected chi connectivity index (χ1v) is 13.5. The summed E-state index contributed by atoms with van der Waals surface area (Å²) in [4.78, 5) is 42.1. The lowest BCUT2D eigenvalue weighted by atomic mass is 9.98. The van der Waals surface area contributed by atoms with E-state index in [2.05, 4.69) is 39.0 Å². The number of carbonyl (C=O) groups excluding carboxylic acids is 1. The molecule has 0 bridgehead atoms. The van der Waals surface area contributed by atoms with Crippen LogP contribution in [0.4, 0.5) is 30.5 Å². The summed E-state index contributed by atoms with van der Waals surface area (Å²) < 4.78 is 43.3. The molecule has 1 aromatic carbocycles. The van der Waals surface area contributed by atoms with Gasteiger partial charge in [0.2, 0.25) is 11.5 Å². The number of likely N-dealkylation sites (N-methyl/N-ethyl adjacent to an activating group) is 1. The maximum atomic E-state index is 15.9. The summed E-state index contributed by atoms with van der Waals surface area (Å²) in [6.45, 7) is 6.29. The largest absolute Gasteiger partial charge is 0.367 e. The van der Waals surface area contributed by atoms with Gasteiger partial charge in [0.05, 0.1) is 16.9 Å². The first-order valence-electron chi connectivity index (χ1n) is 13.5. The quantitative estimate of drug-likeness (QED) is 0.458. The molecule has 0 saturated carbocycles. The molecule has 0 spiro atoms. The minimum atomic E-state index is -3.03. The lowest BCUT2D eigenvalue weighted by Crippen LogP contribution is -2.55. The predicted molar refractivity (Wildman–Crippen MR) is 152 cm³/mol. The molecule has 0 radical (unpaired) electrons. The van der Waals surface area contributed by atoms with Crippen LogP contribution in [0.2, 0.25) is 0 Å². The van der Waals surface area contributed by atoms with Gasteiger partial charge in [0, 0.05) is 74.0 Å². The van der Waals surface area contributed by atoms with E-state index in [-0.39, 0.29) is 28.9 Å².